The Balaban J connectivity index is 1.45. The Labute approximate surface area is 163 Å². The fourth-order valence-corrected chi connectivity index (χ4v) is 3.39. The first-order valence-corrected chi connectivity index (χ1v) is 9.30. The summed E-state index contributed by atoms with van der Waals surface area (Å²) in [6.45, 7) is 4.52. The van der Waals surface area contributed by atoms with Gasteiger partial charge in [-0.25, -0.2) is 14.4 Å². The van der Waals surface area contributed by atoms with Gasteiger partial charge in [0, 0.05) is 43.5 Å². The highest BCUT2D eigenvalue weighted by Gasteiger charge is 2.23. The number of amides is 1. The second-order valence-corrected chi connectivity index (χ2v) is 6.90. The van der Waals surface area contributed by atoms with Crippen molar-refractivity contribution in [3.05, 3.63) is 77.7 Å². The number of carbonyl (C=O) groups is 1. The minimum absolute atomic E-state index is 0.137. The Kier molecular flexibility index (Phi) is 5.02. The second kappa shape index (κ2) is 7.76. The molecule has 0 spiro atoms. The highest BCUT2D eigenvalue weighted by atomic mass is 19.1. The largest absolute Gasteiger partial charge is 0.353 e. The van der Waals surface area contributed by atoms with Crippen molar-refractivity contribution in [2.45, 2.75) is 6.92 Å². The fourth-order valence-electron chi connectivity index (χ4n) is 3.39. The zero-order valence-corrected chi connectivity index (χ0v) is 15.7. The van der Waals surface area contributed by atoms with Crippen LogP contribution >= 0.6 is 0 Å². The van der Waals surface area contributed by atoms with Crippen molar-refractivity contribution in [2.24, 2.45) is 0 Å². The molecule has 1 aliphatic rings. The van der Waals surface area contributed by atoms with E-state index in [0.29, 0.717) is 37.6 Å². The molecule has 3 aromatic rings. The molecule has 1 aromatic heterocycles. The van der Waals surface area contributed by atoms with Crippen molar-refractivity contribution in [1.29, 1.82) is 0 Å². The lowest BCUT2D eigenvalue weighted by molar-refractivity contribution is 0.0746. The Bertz CT molecular complexity index is 999. The summed E-state index contributed by atoms with van der Waals surface area (Å²) in [4.78, 5) is 25.6. The van der Waals surface area contributed by atoms with Gasteiger partial charge in [-0.2, -0.15) is 0 Å². The van der Waals surface area contributed by atoms with E-state index in [0.717, 1.165) is 16.9 Å². The molecule has 0 unspecified atom stereocenters. The van der Waals surface area contributed by atoms with Gasteiger partial charge < -0.3 is 9.80 Å². The van der Waals surface area contributed by atoms with E-state index in [9.17, 15) is 9.18 Å². The molecule has 28 heavy (non-hydrogen) atoms. The molecular weight excluding hydrogens is 355 g/mol. The van der Waals surface area contributed by atoms with Gasteiger partial charge in [-0.3, -0.25) is 4.79 Å². The van der Waals surface area contributed by atoms with Crippen LogP contribution in [-0.2, 0) is 0 Å². The average Bonchev–Trinajstić information content (AvgIpc) is 2.73. The maximum atomic E-state index is 13.4. The van der Waals surface area contributed by atoms with E-state index < -0.39 is 5.82 Å². The summed E-state index contributed by atoms with van der Waals surface area (Å²) >= 11 is 0. The van der Waals surface area contributed by atoms with Crippen LogP contribution in [0.25, 0.3) is 11.4 Å². The maximum absolute atomic E-state index is 13.4. The van der Waals surface area contributed by atoms with E-state index in [1.54, 1.807) is 23.2 Å². The van der Waals surface area contributed by atoms with Crippen molar-refractivity contribution in [2.75, 3.05) is 31.1 Å². The number of halogens is 1. The molecule has 0 bridgehead atoms. The molecule has 0 saturated carbocycles. The first-order valence-electron chi connectivity index (χ1n) is 9.30. The van der Waals surface area contributed by atoms with E-state index in [1.165, 1.54) is 12.1 Å². The SMILES string of the molecule is Cc1cccc(-c2nccc(N3CCN(C(=O)c4cccc(F)c4)CC3)n2)c1. The van der Waals surface area contributed by atoms with E-state index >= 15 is 0 Å². The lowest BCUT2D eigenvalue weighted by Crippen LogP contribution is -2.49. The van der Waals surface area contributed by atoms with Gasteiger partial charge in [0.25, 0.3) is 5.91 Å². The van der Waals surface area contributed by atoms with Gasteiger partial charge in [0.05, 0.1) is 0 Å². The highest BCUT2D eigenvalue weighted by Crippen LogP contribution is 2.21. The van der Waals surface area contributed by atoms with Crippen molar-refractivity contribution >= 4 is 11.7 Å². The van der Waals surface area contributed by atoms with E-state index in [1.807, 2.05) is 31.2 Å². The first kappa shape index (κ1) is 18.1. The van der Waals surface area contributed by atoms with E-state index in [-0.39, 0.29) is 5.91 Å². The van der Waals surface area contributed by atoms with E-state index in [2.05, 4.69) is 16.0 Å². The minimum Gasteiger partial charge on any atom is -0.353 e. The smallest absolute Gasteiger partial charge is 0.254 e. The van der Waals surface area contributed by atoms with E-state index in [4.69, 9.17) is 4.98 Å². The first-order chi connectivity index (χ1) is 13.6. The highest BCUT2D eigenvalue weighted by molar-refractivity contribution is 5.94. The van der Waals surface area contributed by atoms with Crippen LogP contribution < -0.4 is 4.90 Å². The topological polar surface area (TPSA) is 49.3 Å². The zero-order chi connectivity index (χ0) is 19.5. The lowest BCUT2D eigenvalue weighted by atomic mass is 10.1. The lowest BCUT2D eigenvalue weighted by Gasteiger charge is -2.35. The van der Waals surface area contributed by atoms with Crippen molar-refractivity contribution in [1.82, 2.24) is 14.9 Å². The molecule has 1 aliphatic heterocycles. The number of aryl methyl sites for hydroxylation is 1. The number of carbonyl (C=O) groups excluding carboxylic acids is 1. The van der Waals surface area contributed by atoms with Crippen molar-refractivity contribution in [3.63, 3.8) is 0 Å². The normalized spacial score (nSPS) is 14.2. The molecule has 6 heteroatoms. The van der Waals surface area contributed by atoms with Crippen LogP contribution in [0.15, 0.2) is 60.8 Å². The Morgan fingerprint density at radius 2 is 1.79 bits per heavy atom. The van der Waals surface area contributed by atoms with Crippen LogP contribution in [0.2, 0.25) is 0 Å². The molecule has 0 radical (unpaired) electrons. The molecule has 1 amide bonds. The molecular formula is C22H21FN4O. The summed E-state index contributed by atoms with van der Waals surface area (Å²) in [6, 6.07) is 15.8. The molecule has 2 aromatic carbocycles. The Morgan fingerprint density at radius 3 is 2.54 bits per heavy atom. The van der Waals surface area contributed by atoms with Gasteiger partial charge in [-0.1, -0.05) is 29.8 Å². The number of hydrogen-bond donors (Lipinski definition) is 0. The van der Waals surface area contributed by atoms with Gasteiger partial charge in [-0.15, -0.1) is 0 Å². The van der Waals surface area contributed by atoms with Gasteiger partial charge in [0.2, 0.25) is 0 Å². The third kappa shape index (κ3) is 3.86. The van der Waals surface area contributed by atoms with Crippen molar-refractivity contribution in [3.8, 4) is 11.4 Å². The minimum atomic E-state index is -0.394. The van der Waals surface area contributed by atoms with Crippen LogP contribution in [0.5, 0.6) is 0 Å². The number of piperazine rings is 1. The molecule has 5 nitrogen and oxygen atoms in total. The predicted octanol–water partition coefficient (Wildman–Crippen LogP) is 3.55. The van der Waals surface area contributed by atoms with Crippen LogP contribution in [-0.4, -0.2) is 47.0 Å². The van der Waals surface area contributed by atoms with Crippen LogP contribution in [0, 0.1) is 12.7 Å². The molecule has 4 rings (SSSR count). The summed E-state index contributed by atoms with van der Waals surface area (Å²) in [5.41, 5.74) is 2.54. The third-order valence-corrected chi connectivity index (χ3v) is 4.88. The number of aromatic nitrogens is 2. The number of nitrogens with zero attached hydrogens (tertiary/aromatic N) is 4. The molecule has 142 valence electrons. The predicted molar refractivity (Wildman–Crippen MR) is 107 cm³/mol. The summed E-state index contributed by atoms with van der Waals surface area (Å²) < 4.78 is 13.4. The summed E-state index contributed by atoms with van der Waals surface area (Å²) in [7, 11) is 0. The quantitative estimate of drug-likeness (QED) is 0.701. The van der Waals surface area contributed by atoms with Crippen LogP contribution in [0.3, 0.4) is 0 Å². The standard InChI is InChI=1S/C22H21FN4O/c1-16-4-2-5-17(14-16)21-24-9-8-20(25-21)26-10-12-27(13-11-26)22(28)18-6-3-7-19(23)15-18/h2-9,14-15H,10-13H2,1H3. The fraction of sp³-hybridized carbons (Fsp3) is 0.227. The van der Waals surface area contributed by atoms with Gasteiger partial charge in [0.15, 0.2) is 5.82 Å². The second-order valence-electron chi connectivity index (χ2n) is 6.90. The van der Waals surface area contributed by atoms with Gasteiger partial charge >= 0.3 is 0 Å². The Hall–Kier alpha value is -3.28. The Morgan fingerprint density at radius 1 is 1.00 bits per heavy atom. The maximum Gasteiger partial charge on any atom is 0.254 e. The molecule has 1 saturated heterocycles. The average molecular weight is 376 g/mol. The third-order valence-electron chi connectivity index (χ3n) is 4.88. The molecule has 0 aliphatic carbocycles. The van der Waals surface area contributed by atoms with Gasteiger partial charge in [-0.05, 0) is 37.3 Å². The zero-order valence-electron chi connectivity index (χ0n) is 15.7. The summed E-state index contributed by atoms with van der Waals surface area (Å²) in [5, 5.41) is 0. The molecule has 2 heterocycles. The molecule has 1 fully saturated rings. The molecule has 0 atom stereocenters. The monoisotopic (exact) mass is 376 g/mol. The van der Waals surface area contributed by atoms with Crippen molar-refractivity contribution < 1.29 is 9.18 Å². The summed E-state index contributed by atoms with van der Waals surface area (Å²) in [5.74, 6) is 1.01. The molecule has 0 N–H and O–H groups in total. The van der Waals surface area contributed by atoms with Crippen LogP contribution in [0.1, 0.15) is 15.9 Å². The summed E-state index contributed by atoms with van der Waals surface area (Å²) in [6.07, 6.45) is 1.77. The number of anilines is 1. The number of benzene rings is 2. The number of rotatable bonds is 3. The van der Waals surface area contributed by atoms with Crippen LogP contribution in [0.4, 0.5) is 10.2 Å². The number of hydrogen-bond acceptors (Lipinski definition) is 4. The van der Waals surface area contributed by atoms with Gasteiger partial charge in [0.1, 0.15) is 11.6 Å².